The van der Waals surface area contributed by atoms with Gasteiger partial charge in [-0.15, -0.1) is 0 Å². The van der Waals surface area contributed by atoms with Crippen molar-refractivity contribution in [2.75, 3.05) is 0 Å². The second-order valence-corrected chi connectivity index (χ2v) is 13.0. The molecule has 0 N–H and O–H groups in total. The van der Waals surface area contributed by atoms with Crippen molar-refractivity contribution >= 4 is 43.6 Å². The van der Waals surface area contributed by atoms with E-state index in [1.165, 1.54) is 82.7 Å². The van der Waals surface area contributed by atoms with E-state index in [0.717, 1.165) is 5.69 Å². The second kappa shape index (κ2) is 11.5. The van der Waals surface area contributed by atoms with Gasteiger partial charge in [-0.1, -0.05) is 146 Å². The molecule has 0 atom stereocenters. The number of benzene rings is 8. The van der Waals surface area contributed by atoms with Gasteiger partial charge in [0.2, 0.25) is 0 Å². The van der Waals surface area contributed by atoms with Crippen LogP contribution in [0.25, 0.3) is 88.4 Å². The topological polar surface area (TPSA) is 9.86 Å². The number of hydrogen-bond acceptors (Lipinski definition) is 0. The van der Waals surface area contributed by atoms with Crippen molar-refractivity contribution in [2.45, 2.75) is 0 Å². The van der Waals surface area contributed by atoms with E-state index in [2.05, 4.69) is 203 Å². The van der Waals surface area contributed by atoms with Crippen LogP contribution in [-0.2, 0) is 0 Å². The standard InChI is InChI=1S/C48H32N2/c1-3-13-33(14-4-1)39-17-7-8-18-40(39)34-23-27-38(28-24-34)50-46-22-12-10-20-42(46)44-30-26-36(32-48(44)50)35-25-29-43-41-19-9-11-21-45(41)49(47(43)31-35)37-15-5-2-6-16-37/h1-32H. The van der Waals surface area contributed by atoms with Gasteiger partial charge in [-0.2, -0.15) is 0 Å². The van der Waals surface area contributed by atoms with Gasteiger partial charge in [0, 0.05) is 32.9 Å². The van der Waals surface area contributed by atoms with Crippen LogP contribution in [0.2, 0.25) is 0 Å². The molecule has 0 unspecified atom stereocenters. The largest absolute Gasteiger partial charge is 0.309 e. The van der Waals surface area contributed by atoms with Crippen LogP contribution in [0.5, 0.6) is 0 Å². The lowest BCUT2D eigenvalue weighted by atomic mass is 9.94. The molecule has 0 amide bonds. The Labute approximate surface area is 290 Å². The number of para-hydroxylation sites is 3. The van der Waals surface area contributed by atoms with Crippen LogP contribution in [0.15, 0.2) is 194 Å². The summed E-state index contributed by atoms with van der Waals surface area (Å²) in [6.45, 7) is 0. The fraction of sp³-hybridized carbons (Fsp3) is 0. The van der Waals surface area contributed by atoms with Gasteiger partial charge in [0.1, 0.15) is 0 Å². The van der Waals surface area contributed by atoms with Crippen molar-refractivity contribution in [2.24, 2.45) is 0 Å². The van der Waals surface area contributed by atoms with E-state index in [0.29, 0.717) is 0 Å². The first-order valence-corrected chi connectivity index (χ1v) is 17.2. The van der Waals surface area contributed by atoms with Gasteiger partial charge in [0.15, 0.2) is 0 Å². The lowest BCUT2D eigenvalue weighted by Gasteiger charge is -2.13. The van der Waals surface area contributed by atoms with E-state index in [9.17, 15) is 0 Å². The highest BCUT2D eigenvalue weighted by Gasteiger charge is 2.16. The third kappa shape index (κ3) is 4.50. The van der Waals surface area contributed by atoms with Crippen molar-refractivity contribution in [3.63, 3.8) is 0 Å². The maximum absolute atomic E-state index is 2.42. The third-order valence-electron chi connectivity index (χ3n) is 10.1. The minimum absolute atomic E-state index is 1.15. The average Bonchev–Trinajstić information content (AvgIpc) is 3.71. The predicted molar refractivity (Wildman–Crippen MR) is 211 cm³/mol. The third-order valence-corrected chi connectivity index (χ3v) is 10.1. The summed E-state index contributed by atoms with van der Waals surface area (Å²) in [6, 6.07) is 70.4. The summed E-state index contributed by atoms with van der Waals surface area (Å²) in [4.78, 5) is 0. The molecule has 0 fully saturated rings. The molecule has 0 bridgehead atoms. The van der Waals surface area contributed by atoms with E-state index in [4.69, 9.17) is 0 Å². The van der Waals surface area contributed by atoms with Gasteiger partial charge in [0.25, 0.3) is 0 Å². The lowest BCUT2D eigenvalue weighted by Crippen LogP contribution is -1.95. The molecule has 0 aliphatic rings. The summed E-state index contributed by atoms with van der Waals surface area (Å²) in [5.74, 6) is 0. The Morgan fingerprint density at radius 1 is 0.240 bits per heavy atom. The van der Waals surface area contributed by atoms with Crippen LogP contribution >= 0.6 is 0 Å². The molecule has 10 rings (SSSR count). The minimum Gasteiger partial charge on any atom is -0.309 e. The van der Waals surface area contributed by atoms with Crippen LogP contribution in [-0.4, -0.2) is 9.13 Å². The Morgan fingerprint density at radius 3 is 1.16 bits per heavy atom. The molecule has 0 saturated carbocycles. The Balaban J connectivity index is 1.13. The molecule has 0 aliphatic carbocycles. The molecule has 2 nitrogen and oxygen atoms in total. The van der Waals surface area contributed by atoms with Crippen LogP contribution < -0.4 is 0 Å². The molecule has 8 aromatic carbocycles. The van der Waals surface area contributed by atoms with Crippen LogP contribution in [0.3, 0.4) is 0 Å². The van der Waals surface area contributed by atoms with Crippen molar-refractivity contribution in [3.05, 3.63) is 194 Å². The van der Waals surface area contributed by atoms with Gasteiger partial charge in [-0.25, -0.2) is 0 Å². The summed E-state index contributed by atoms with van der Waals surface area (Å²) in [5, 5.41) is 5.04. The van der Waals surface area contributed by atoms with Gasteiger partial charge in [-0.3, -0.25) is 0 Å². The molecule has 0 spiro atoms. The lowest BCUT2D eigenvalue weighted by molar-refractivity contribution is 1.18. The molecule has 0 aliphatic heterocycles. The molecule has 2 aromatic heterocycles. The Bertz CT molecular complexity index is 2840. The Morgan fingerprint density at radius 2 is 0.620 bits per heavy atom. The van der Waals surface area contributed by atoms with E-state index in [1.807, 2.05) is 0 Å². The van der Waals surface area contributed by atoms with Crippen LogP contribution in [0, 0.1) is 0 Å². The normalized spacial score (nSPS) is 11.6. The van der Waals surface area contributed by atoms with E-state index in [1.54, 1.807) is 0 Å². The quantitative estimate of drug-likeness (QED) is 0.178. The Kier molecular flexibility index (Phi) is 6.53. The molecule has 234 valence electrons. The zero-order valence-electron chi connectivity index (χ0n) is 27.4. The number of nitrogens with zero attached hydrogens (tertiary/aromatic N) is 2. The summed E-state index contributed by atoms with van der Waals surface area (Å²) in [7, 11) is 0. The fourth-order valence-corrected chi connectivity index (χ4v) is 7.83. The van der Waals surface area contributed by atoms with E-state index in [-0.39, 0.29) is 0 Å². The highest BCUT2D eigenvalue weighted by Crippen LogP contribution is 2.39. The molecule has 0 saturated heterocycles. The summed E-state index contributed by atoms with van der Waals surface area (Å²) >= 11 is 0. The molecule has 2 heteroatoms. The molecule has 0 radical (unpaired) electrons. The SMILES string of the molecule is c1ccc(-c2ccccc2-c2ccc(-n3c4ccccc4c4ccc(-c5ccc6c7ccccc7n(-c7ccccc7)c6c5)cc43)cc2)cc1. The van der Waals surface area contributed by atoms with Gasteiger partial charge < -0.3 is 9.13 Å². The molecule has 2 heterocycles. The highest BCUT2D eigenvalue weighted by molar-refractivity contribution is 6.12. The zero-order chi connectivity index (χ0) is 33.0. The van der Waals surface area contributed by atoms with E-state index < -0.39 is 0 Å². The fourth-order valence-electron chi connectivity index (χ4n) is 7.83. The van der Waals surface area contributed by atoms with Gasteiger partial charge >= 0.3 is 0 Å². The monoisotopic (exact) mass is 636 g/mol. The first-order chi connectivity index (χ1) is 24.8. The molecular formula is C48H32N2. The van der Waals surface area contributed by atoms with Crippen LogP contribution in [0.4, 0.5) is 0 Å². The maximum atomic E-state index is 2.42. The predicted octanol–water partition coefficient (Wildman–Crippen LogP) is 12.9. The molecule has 10 aromatic rings. The first kappa shape index (κ1) is 28.4. The number of hydrogen-bond donors (Lipinski definition) is 0. The summed E-state index contributed by atoms with van der Waals surface area (Å²) in [5.41, 5.74) is 14.4. The number of fused-ring (bicyclic) bond motifs is 6. The zero-order valence-corrected chi connectivity index (χ0v) is 27.4. The first-order valence-electron chi connectivity index (χ1n) is 17.2. The van der Waals surface area contributed by atoms with Gasteiger partial charge in [-0.05, 0) is 81.9 Å². The average molecular weight is 637 g/mol. The molecular weight excluding hydrogens is 605 g/mol. The van der Waals surface area contributed by atoms with E-state index >= 15 is 0 Å². The smallest absolute Gasteiger partial charge is 0.0547 e. The Hall–Kier alpha value is -6.64. The summed E-state index contributed by atoms with van der Waals surface area (Å²) in [6.07, 6.45) is 0. The highest BCUT2D eigenvalue weighted by atomic mass is 15.0. The van der Waals surface area contributed by atoms with Crippen molar-refractivity contribution < 1.29 is 0 Å². The second-order valence-electron chi connectivity index (χ2n) is 13.0. The number of aromatic nitrogens is 2. The van der Waals surface area contributed by atoms with Gasteiger partial charge in [0.05, 0.1) is 22.1 Å². The molecule has 50 heavy (non-hydrogen) atoms. The van der Waals surface area contributed by atoms with Crippen LogP contribution in [0.1, 0.15) is 0 Å². The summed E-state index contributed by atoms with van der Waals surface area (Å²) < 4.78 is 4.81. The van der Waals surface area contributed by atoms with Crippen molar-refractivity contribution in [3.8, 4) is 44.8 Å². The van der Waals surface area contributed by atoms with Crippen molar-refractivity contribution in [1.29, 1.82) is 0 Å². The van der Waals surface area contributed by atoms with Crippen molar-refractivity contribution in [1.82, 2.24) is 9.13 Å². The maximum Gasteiger partial charge on any atom is 0.0547 e. The minimum atomic E-state index is 1.15. The number of rotatable bonds is 5.